The van der Waals surface area contributed by atoms with Crippen LogP contribution in [0.15, 0.2) is 41.3 Å². The van der Waals surface area contributed by atoms with E-state index >= 15 is 0 Å². The molecule has 0 unspecified atom stereocenters. The summed E-state index contributed by atoms with van der Waals surface area (Å²) >= 11 is 0. The Labute approximate surface area is 173 Å². The van der Waals surface area contributed by atoms with Gasteiger partial charge < -0.3 is 15.9 Å². The standard InChI is InChI=1S/C19H21N5O5S/c1-10(2)23-30(28,29)16-8-13(14(25)9-15(16)26)18-21-22-19(17(20)27)24(18)12-6-4-11(3)5-7-12/h4-10,23,25-26H,1-3H3,(H2,20,27). The zero-order valence-corrected chi connectivity index (χ0v) is 17.3. The van der Waals surface area contributed by atoms with Gasteiger partial charge in [0.2, 0.25) is 15.8 Å². The summed E-state index contributed by atoms with van der Waals surface area (Å²) in [5.74, 6) is -2.17. The van der Waals surface area contributed by atoms with Crippen LogP contribution in [0.3, 0.4) is 0 Å². The summed E-state index contributed by atoms with van der Waals surface area (Å²) in [7, 11) is -4.09. The number of rotatable bonds is 6. The molecule has 3 rings (SSSR count). The highest BCUT2D eigenvalue weighted by Crippen LogP contribution is 2.37. The van der Waals surface area contributed by atoms with Crippen LogP contribution in [-0.4, -0.2) is 45.3 Å². The molecule has 0 bridgehead atoms. The van der Waals surface area contributed by atoms with Crippen LogP contribution in [0, 0.1) is 6.92 Å². The zero-order chi connectivity index (χ0) is 22.2. The molecule has 2 aromatic carbocycles. The Morgan fingerprint density at radius 2 is 1.73 bits per heavy atom. The summed E-state index contributed by atoms with van der Waals surface area (Å²) in [5.41, 5.74) is 6.81. The van der Waals surface area contributed by atoms with Crippen molar-refractivity contribution in [2.75, 3.05) is 0 Å². The number of nitrogens with zero attached hydrogens (tertiary/aromatic N) is 3. The minimum absolute atomic E-state index is 0.0221. The van der Waals surface area contributed by atoms with E-state index in [2.05, 4.69) is 14.9 Å². The van der Waals surface area contributed by atoms with Crippen LogP contribution in [0.25, 0.3) is 17.1 Å². The number of carbonyl (C=O) groups is 1. The lowest BCUT2D eigenvalue weighted by molar-refractivity contribution is 0.0988. The summed E-state index contributed by atoms with van der Waals surface area (Å²) in [4.78, 5) is 11.4. The van der Waals surface area contributed by atoms with Crippen molar-refractivity contribution in [2.45, 2.75) is 31.7 Å². The minimum Gasteiger partial charge on any atom is -0.507 e. The third-order valence-electron chi connectivity index (χ3n) is 4.17. The van der Waals surface area contributed by atoms with Crippen molar-refractivity contribution in [1.29, 1.82) is 0 Å². The molecule has 0 spiro atoms. The molecule has 5 N–H and O–H groups in total. The van der Waals surface area contributed by atoms with E-state index in [1.165, 1.54) is 4.57 Å². The Hall–Kier alpha value is -3.44. The Morgan fingerprint density at radius 3 is 2.30 bits per heavy atom. The molecule has 3 aromatic rings. The van der Waals surface area contributed by atoms with Crippen molar-refractivity contribution in [1.82, 2.24) is 19.5 Å². The molecular weight excluding hydrogens is 410 g/mol. The first-order chi connectivity index (χ1) is 14.0. The number of phenols is 2. The molecule has 0 atom stereocenters. The molecule has 1 aromatic heterocycles. The van der Waals surface area contributed by atoms with E-state index in [1.807, 2.05) is 6.92 Å². The second-order valence-corrected chi connectivity index (χ2v) is 8.68. The maximum atomic E-state index is 12.6. The molecule has 11 heteroatoms. The molecule has 0 aliphatic carbocycles. The smallest absolute Gasteiger partial charge is 0.287 e. The molecule has 1 amide bonds. The van der Waals surface area contributed by atoms with Gasteiger partial charge in [-0.1, -0.05) is 17.7 Å². The number of aryl methyl sites for hydroxylation is 1. The molecule has 1 heterocycles. The first kappa shape index (κ1) is 21.3. The van der Waals surface area contributed by atoms with Gasteiger partial charge in [0.25, 0.3) is 5.91 Å². The number of hydrogen-bond donors (Lipinski definition) is 4. The molecule has 0 aliphatic heterocycles. The maximum absolute atomic E-state index is 12.6. The molecular formula is C19H21N5O5S. The number of sulfonamides is 1. The first-order valence-electron chi connectivity index (χ1n) is 8.92. The molecule has 10 nitrogen and oxygen atoms in total. The van der Waals surface area contributed by atoms with E-state index in [4.69, 9.17) is 5.73 Å². The van der Waals surface area contributed by atoms with E-state index < -0.39 is 38.4 Å². The van der Waals surface area contributed by atoms with E-state index in [0.29, 0.717) is 5.69 Å². The highest BCUT2D eigenvalue weighted by Gasteiger charge is 2.26. The van der Waals surface area contributed by atoms with Crippen molar-refractivity contribution >= 4 is 15.9 Å². The minimum atomic E-state index is -4.09. The highest BCUT2D eigenvalue weighted by atomic mass is 32.2. The molecule has 158 valence electrons. The van der Waals surface area contributed by atoms with Crippen LogP contribution in [0.1, 0.15) is 30.0 Å². The van der Waals surface area contributed by atoms with E-state index in [1.54, 1.807) is 38.1 Å². The van der Waals surface area contributed by atoms with Gasteiger partial charge in [0.15, 0.2) is 5.82 Å². The molecule has 30 heavy (non-hydrogen) atoms. The topological polar surface area (TPSA) is 160 Å². The fraction of sp³-hybridized carbons (Fsp3) is 0.211. The average molecular weight is 431 g/mol. The van der Waals surface area contributed by atoms with Gasteiger partial charge in [-0.05, 0) is 39.0 Å². The van der Waals surface area contributed by atoms with Crippen molar-refractivity contribution in [2.24, 2.45) is 5.73 Å². The Morgan fingerprint density at radius 1 is 1.10 bits per heavy atom. The fourth-order valence-electron chi connectivity index (χ4n) is 2.88. The van der Waals surface area contributed by atoms with Crippen LogP contribution < -0.4 is 10.5 Å². The molecule has 0 saturated heterocycles. The van der Waals surface area contributed by atoms with Crippen molar-refractivity contribution in [3.8, 4) is 28.6 Å². The van der Waals surface area contributed by atoms with Gasteiger partial charge in [-0.3, -0.25) is 9.36 Å². The average Bonchev–Trinajstić information content (AvgIpc) is 3.06. The van der Waals surface area contributed by atoms with Gasteiger partial charge in [0.1, 0.15) is 16.4 Å². The van der Waals surface area contributed by atoms with Crippen LogP contribution in [0.5, 0.6) is 11.5 Å². The van der Waals surface area contributed by atoms with E-state index in [9.17, 15) is 23.4 Å². The van der Waals surface area contributed by atoms with Crippen molar-refractivity contribution in [3.05, 3.63) is 47.8 Å². The normalized spacial score (nSPS) is 11.7. The number of aromatic hydroxyl groups is 2. The van der Waals surface area contributed by atoms with Crippen molar-refractivity contribution < 1.29 is 23.4 Å². The summed E-state index contributed by atoms with van der Waals surface area (Å²) in [5, 5.41) is 28.3. The van der Waals surface area contributed by atoms with Gasteiger partial charge in [-0.25, -0.2) is 13.1 Å². The number of nitrogens with two attached hydrogens (primary N) is 1. The lowest BCUT2D eigenvalue weighted by Gasteiger charge is -2.14. The largest absolute Gasteiger partial charge is 0.507 e. The van der Waals surface area contributed by atoms with Gasteiger partial charge in [0.05, 0.1) is 5.56 Å². The van der Waals surface area contributed by atoms with Crippen molar-refractivity contribution in [3.63, 3.8) is 0 Å². The number of phenolic OH excluding ortho intramolecular Hbond substituents is 2. The number of hydrogen-bond acceptors (Lipinski definition) is 7. The Balaban J connectivity index is 2.28. The monoisotopic (exact) mass is 431 g/mol. The molecule has 0 radical (unpaired) electrons. The lowest BCUT2D eigenvalue weighted by Crippen LogP contribution is -2.30. The second kappa shape index (κ2) is 7.76. The number of primary amides is 1. The number of amides is 1. The Kier molecular flexibility index (Phi) is 5.51. The predicted octanol–water partition coefficient (Wildman–Crippen LogP) is 1.44. The predicted molar refractivity (Wildman–Crippen MR) is 109 cm³/mol. The Bertz CT molecular complexity index is 1220. The quantitative estimate of drug-likeness (QED) is 0.459. The van der Waals surface area contributed by atoms with Gasteiger partial charge >= 0.3 is 0 Å². The SMILES string of the molecule is Cc1ccc(-n2c(C(N)=O)nnc2-c2cc(S(=O)(=O)NC(C)C)c(O)cc2O)cc1. The highest BCUT2D eigenvalue weighted by molar-refractivity contribution is 7.89. The summed E-state index contributed by atoms with van der Waals surface area (Å²) < 4.78 is 28.9. The van der Waals surface area contributed by atoms with E-state index in [-0.39, 0.29) is 17.2 Å². The molecule has 0 fully saturated rings. The summed E-state index contributed by atoms with van der Waals surface area (Å²) in [6, 6.07) is 8.52. The van der Waals surface area contributed by atoms with Gasteiger partial charge in [-0.15, -0.1) is 10.2 Å². The number of nitrogens with one attached hydrogen (secondary N) is 1. The number of benzene rings is 2. The number of carbonyl (C=O) groups excluding carboxylic acids is 1. The van der Waals surface area contributed by atoms with Crippen LogP contribution in [0.4, 0.5) is 0 Å². The van der Waals surface area contributed by atoms with Gasteiger partial charge in [-0.2, -0.15) is 0 Å². The molecule has 0 aliphatic rings. The maximum Gasteiger partial charge on any atom is 0.287 e. The summed E-state index contributed by atoms with van der Waals surface area (Å²) in [6.45, 7) is 5.14. The third kappa shape index (κ3) is 3.98. The van der Waals surface area contributed by atoms with E-state index in [0.717, 1.165) is 17.7 Å². The fourth-order valence-corrected chi connectivity index (χ4v) is 4.24. The zero-order valence-electron chi connectivity index (χ0n) is 16.5. The first-order valence-corrected chi connectivity index (χ1v) is 10.4. The van der Waals surface area contributed by atoms with Crippen LogP contribution in [0.2, 0.25) is 0 Å². The van der Waals surface area contributed by atoms with Crippen LogP contribution >= 0.6 is 0 Å². The van der Waals surface area contributed by atoms with Crippen LogP contribution in [-0.2, 0) is 10.0 Å². The third-order valence-corrected chi connectivity index (χ3v) is 5.86. The number of aromatic nitrogens is 3. The second-order valence-electron chi connectivity index (χ2n) is 7.00. The molecule has 0 saturated carbocycles. The lowest BCUT2D eigenvalue weighted by atomic mass is 10.1. The van der Waals surface area contributed by atoms with Gasteiger partial charge in [0, 0.05) is 17.8 Å². The summed E-state index contributed by atoms with van der Waals surface area (Å²) in [6.07, 6.45) is 0.